The van der Waals surface area contributed by atoms with Gasteiger partial charge in [0.2, 0.25) is 0 Å². The van der Waals surface area contributed by atoms with Crippen molar-refractivity contribution in [3.05, 3.63) is 69.7 Å². The number of hydrazine groups is 1. The third kappa shape index (κ3) is 5.09. The third-order valence-electron chi connectivity index (χ3n) is 5.44. The maximum absolute atomic E-state index is 13.2. The number of amides is 2. The molecule has 2 aromatic carbocycles. The minimum absolute atomic E-state index is 0.383. The summed E-state index contributed by atoms with van der Waals surface area (Å²) in [7, 11) is 3.13. The highest BCUT2D eigenvalue weighted by Gasteiger charge is 2.18. The molecule has 4 aromatic rings. The van der Waals surface area contributed by atoms with E-state index < -0.39 is 11.8 Å². The second-order valence-electron chi connectivity index (χ2n) is 7.82. The Bertz CT molecular complexity index is 1400. The molecule has 2 aromatic heterocycles. The Balaban J connectivity index is 1.63. The predicted molar refractivity (Wildman–Crippen MR) is 136 cm³/mol. The van der Waals surface area contributed by atoms with Crippen molar-refractivity contribution in [1.29, 1.82) is 0 Å². The Labute approximate surface area is 207 Å². The number of nitrogens with one attached hydrogen (secondary N) is 2. The van der Waals surface area contributed by atoms with Gasteiger partial charge in [0.05, 0.1) is 41.7 Å². The lowest BCUT2D eigenvalue weighted by Crippen LogP contribution is -2.41. The molecule has 0 atom stereocenters. The number of ether oxygens (including phenoxy) is 2. The molecule has 0 unspecified atom stereocenters. The number of thiazole rings is 1. The van der Waals surface area contributed by atoms with Gasteiger partial charge >= 0.3 is 0 Å². The molecule has 0 fully saturated rings. The van der Waals surface area contributed by atoms with Gasteiger partial charge < -0.3 is 9.47 Å². The number of aromatic nitrogens is 2. The zero-order valence-corrected chi connectivity index (χ0v) is 20.8. The number of fused-ring (bicyclic) bond motifs is 1. The largest absolute Gasteiger partial charge is 0.493 e. The number of hydrogen-bond donors (Lipinski definition) is 2. The van der Waals surface area contributed by atoms with Gasteiger partial charge in [0.25, 0.3) is 11.8 Å². The molecule has 0 saturated carbocycles. The van der Waals surface area contributed by atoms with Crippen LogP contribution in [0.2, 0.25) is 0 Å². The minimum Gasteiger partial charge on any atom is -0.493 e. The highest BCUT2D eigenvalue weighted by atomic mass is 32.1. The summed E-state index contributed by atoms with van der Waals surface area (Å²) in [6.45, 7) is 3.85. The van der Waals surface area contributed by atoms with Gasteiger partial charge in [0.1, 0.15) is 4.88 Å². The average molecular weight is 491 g/mol. The van der Waals surface area contributed by atoms with E-state index in [0.717, 1.165) is 23.4 Å². The van der Waals surface area contributed by atoms with E-state index in [-0.39, 0.29) is 0 Å². The molecule has 35 heavy (non-hydrogen) atoms. The number of benzene rings is 2. The van der Waals surface area contributed by atoms with Crippen LogP contribution in [0.4, 0.5) is 0 Å². The fourth-order valence-corrected chi connectivity index (χ4v) is 4.79. The van der Waals surface area contributed by atoms with Crippen LogP contribution in [0.25, 0.3) is 22.2 Å². The van der Waals surface area contributed by atoms with Crippen LogP contribution >= 0.6 is 11.3 Å². The van der Waals surface area contributed by atoms with Gasteiger partial charge in [-0.1, -0.05) is 25.1 Å². The highest BCUT2D eigenvalue weighted by Crippen LogP contribution is 2.33. The van der Waals surface area contributed by atoms with Gasteiger partial charge in [-0.3, -0.25) is 20.4 Å². The van der Waals surface area contributed by atoms with Crippen molar-refractivity contribution in [3.8, 4) is 22.8 Å². The van der Waals surface area contributed by atoms with E-state index >= 15 is 0 Å². The van der Waals surface area contributed by atoms with Gasteiger partial charge in [-0.25, -0.2) is 9.97 Å². The highest BCUT2D eigenvalue weighted by molar-refractivity contribution is 7.13. The van der Waals surface area contributed by atoms with Crippen LogP contribution in [-0.2, 0) is 6.42 Å². The first-order chi connectivity index (χ1) is 16.9. The van der Waals surface area contributed by atoms with Crippen molar-refractivity contribution in [2.24, 2.45) is 0 Å². The molecule has 0 spiro atoms. The fourth-order valence-electron chi connectivity index (χ4n) is 3.73. The number of hydrogen-bond acceptors (Lipinski definition) is 7. The summed E-state index contributed by atoms with van der Waals surface area (Å²) in [5.41, 5.74) is 8.10. The molecule has 180 valence electrons. The first-order valence-corrected chi connectivity index (χ1v) is 12.0. The number of nitrogens with zero attached hydrogens (tertiary/aromatic N) is 2. The molecule has 0 aliphatic heterocycles. The number of methoxy groups -OCH3 is 2. The summed E-state index contributed by atoms with van der Waals surface area (Å²) in [5.74, 6) is 0.308. The smallest absolute Gasteiger partial charge is 0.281 e. The van der Waals surface area contributed by atoms with Crippen LogP contribution < -0.4 is 20.3 Å². The number of rotatable bonds is 7. The zero-order valence-electron chi connectivity index (χ0n) is 20.0. The van der Waals surface area contributed by atoms with Gasteiger partial charge in [-0.05, 0) is 50.1 Å². The molecule has 4 rings (SSSR count). The maximum Gasteiger partial charge on any atom is 0.281 e. The topological polar surface area (TPSA) is 102 Å². The Hall–Kier alpha value is -3.98. The molecule has 2 amide bonds. The summed E-state index contributed by atoms with van der Waals surface area (Å²) < 4.78 is 10.7. The zero-order chi connectivity index (χ0) is 24.9. The van der Waals surface area contributed by atoms with E-state index in [1.54, 1.807) is 39.3 Å². The second-order valence-corrected chi connectivity index (χ2v) is 8.91. The summed E-state index contributed by atoms with van der Waals surface area (Å²) in [6.07, 6.45) is 1.76. The van der Waals surface area contributed by atoms with E-state index in [4.69, 9.17) is 14.5 Å². The average Bonchev–Trinajstić information content (AvgIpc) is 3.26. The Morgan fingerprint density at radius 1 is 0.943 bits per heavy atom. The number of pyridine rings is 1. The summed E-state index contributed by atoms with van der Waals surface area (Å²) in [6, 6.07) is 14.5. The van der Waals surface area contributed by atoms with Crippen LogP contribution in [-0.4, -0.2) is 36.0 Å². The van der Waals surface area contributed by atoms with Crippen LogP contribution in [0.3, 0.4) is 0 Å². The molecular formula is C26H26N4O4S. The Morgan fingerprint density at radius 2 is 1.69 bits per heavy atom. The fraction of sp³-hybridized carbons (Fsp3) is 0.231. The molecule has 0 aliphatic carbocycles. The predicted octanol–water partition coefficient (Wildman–Crippen LogP) is 4.71. The van der Waals surface area contributed by atoms with Crippen molar-refractivity contribution >= 4 is 34.1 Å². The van der Waals surface area contributed by atoms with Crippen molar-refractivity contribution in [2.75, 3.05) is 14.2 Å². The lowest BCUT2D eigenvalue weighted by molar-refractivity contribution is 0.0849. The van der Waals surface area contributed by atoms with Crippen molar-refractivity contribution in [1.82, 2.24) is 20.8 Å². The second kappa shape index (κ2) is 10.5. The van der Waals surface area contributed by atoms with Gasteiger partial charge in [0.15, 0.2) is 11.5 Å². The summed E-state index contributed by atoms with van der Waals surface area (Å²) >= 11 is 1.34. The van der Waals surface area contributed by atoms with E-state index in [0.29, 0.717) is 44.2 Å². The summed E-state index contributed by atoms with van der Waals surface area (Å²) in [5, 5.41) is 1.57. The molecule has 0 bridgehead atoms. The van der Waals surface area contributed by atoms with Crippen molar-refractivity contribution in [2.45, 2.75) is 26.7 Å². The quantitative estimate of drug-likeness (QED) is 0.364. The van der Waals surface area contributed by atoms with Gasteiger partial charge in [0, 0.05) is 10.9 Å². The molecule has 2 heterocycles. The molecule has 2 N–H and O–H groups in total. The minimum atomic E-state index is -0.449. The van der Waals surface area contributed by atoms with Gasteiger partial charge in [-0.15, -0.1) is 11.3 Å². The molecule has 9 heteroatoms. The lowest BCUT2D eigenvalue weighted by Gasteiger charge is -2.13. The Morgan fingerprint density at radius 3 is 2.43 bits per heavy atom. The number of carbonyl (C=O) groups excluding carboxylic acids is 2. The monoisotopic (exact) mass is 490 g/mol. The number of aryl methyl sites for hydroxylation is 2. The standard InChI is InChI=1S/C26H26N4O4S/c1-5-8-23-27-15(2)24(35-23)26(32)30-29-25(31)18-14-20(28-19-10-7-6-9-17(18)19)16-11-12-21(33-3)22(13-16)34-4/h6-7,9-14H,5,8H2,1-4H3,(H,29,31)(H,30,32). The molecule has 8 nitrogen and oxygen atoms in total. The van der Waals surface area contributed by atoms with Crippen LogP contribution in [0, 0.1) is 6.92 Å². The summed E-state index contributed by atoms with van der Waals surface area (Å²) in [4.78, 5) is 35.5. The first kappa shape index (κ1) is 24.2. The number of para-hydroxylation sites is 1. The normalized spacial score (nSPS) is 10.7. The van der Waals surface area contributed by atoms with Crippen molar-refractivity contribution < 1.29 is 19.1 Å². The maximum atomic E-state index is 13.2. The SMILES string of the molecule is CCCc1nc(C)c(C(=O)NNC(=O)c2cc(-c3ccc(OC)c(OC)c3)nc3ccccc23)s1. The van der Waals surface area contributed by atoms with Crippen LogP contribution in [0.1, 0.15) is 44.1 Å². The molecular weight excluding hydrogens is 464 g/mol. The van der Waals surface area contributed by atoms with E-state index in [1.165, 1.54) is 11.3 Å². The molecule has 0 radical (unpaired) electrons. The molecule has 0 aliphatic rings. The van der Waals surface area contributed by atoms with Crippen LogP contribution in [0.5, 0.6) is 11.5 Å². The van der Waals surface area contributed by atoms with E-state index in [2.05, 4.69) is 22.8 Å². The first-order valence-electron chi connectivity index (χ1n) is 11.1. The van der Waals surface area contributed by atoms with E-state index in [9.17, 15) is 9.59 Å². The van der Waals surface area contributed by atoms with Gasteiger partial charge in [-0.2, -0.15) is 0 Å². The van der Waals surface area contributed by atoms with Crippen molar-refractivity contribution in [3.63, 3.8) is 0 Å². The van der Waals surface area contributed by atoms with Crippen LogP contribution in [0.15, 0.2) is 48.5 Å². The van der Waals surface area contributed by atoms with E-state index in [1.807, 2.05) is 30.3 Å². The molecule has 0 saturated heterocycles. The Kier molecular flexibility index (Phi) is 7.26. The number of carbonyl (C=O) groups is 2. The third-order valence-corrected chi connectivity index (χ3v) is 6.66. The lowest BCUT2D eigenvalue weighted by atomic mass is 10.0.